The Bertz CT molecular complexity index is 634. The zero-order valence-corrected chi connectivity index (χ0v) is 13.2. The first-order valence-corrected chi connectivity index (χ1v) is 7.80. The van der Waals surface area contributed by atoms with Gasteiger partial charge in [0.1, 0.15) is 12.1 Å². The molecule has 9 heteroatoms. The lowest BCUT2D eigenvalue weighted by atomic mass is 10.1. The standard InChI is InChI=1S/C14H16F2N4O2S/c1-20-9-18-19-14(20)23-8-12(21)17-7-6-10-2-4-11(5-3-10)22-13(15)16/h2-5,9,13H,6-8H2,1H3,(H,17,21). The van der Waals surface area contributed by atoms with E-state index in [0.29, 0.717) is 18.1 Å². The first kappa shape index (κ1) is 17.2. The summed E-state index contributed by atoms with van der Waals surface area (Å²) in [5.41, 5.74) is 0.924. The van der Waals surface area contributed by atoms with E-state index in [1.165, 1.54) is 23.9 Å². The fourth-order valence-corrected chi connectivity index (χ4v) is 2.49. The van der Waals surface area contributed by atoms with Gasteiger partial charge in [0.15, 0.2) is 5.16 Å². The molecule has 0 saturated heterocycles. The van der Waals surface area contributed by atoms with Crippen molar-refractivity contribution in [2.24, 2.45) is 7.05 Å². The number of aryl methyl sites for hydroxylation is 1. The number of nitrogens with one attached hydrogen (secondary N) is 1. The van der Waals surface area contributed by atoms with Crippen molar-refractivity contribution in [1.29, 1.82) is 0 Å². The van der Waals surface area contributed by atoms with E-state index in [-0.39, 0.29) is 17.4 Å². The number of nitrogens with zero attached hydrogens (tertiary/aromatic N) is 3. The number of aromatic nitrogens is 3. The summed E-state index contributed by atoms with van der Waals surface area (Å²) in [7, 11) is 1.81. The molecular weight excluding hydrogens is 326 g/mol. The van der Waals surface area contributed by atoms with Gasteiger partial charge in [-0.2, -0.15) is 8.78 Å². The molecule has 0 bridgehead atoms. The fraction of sp³-hybridized carbons (Fsp3) is 0.357. The monoisotopic (exact) mass is 342 g/mol. The van der Waals surface area contributed by atoms with Crippen molar-refractivity contribution in [1.82, 2.24) is 20.1 Å². The molecule has 1 aromatic heterocycles. The number of carbonyl (C=O) groups excluding carboxylic acids is 1. The average molecular weight is 342 g/mol. The molecule has 0 spiro atoms. The molecule has 2 rings (SSSR count). The highest BCUT2D eigenvalue weighted by Crippen LogP contribution is 2.15. The van der Waals surface area contributed by atoms with Crippen LogP contribution in [0.3, 0.4) is 0 Å². The number of amides is 1. The summed E-state index contributed by atoms with van der Waals surface area (Å²) in [5.74, 6) is 0.275. The Labute approximate surface area is 136 Å². The summed E-state index contributed by atoms with van der Waals surface area (Å²) in [6, 6.07) is 6.34. The zero-order chi connectivity index (χ0) is 16.7. The van der Waals surface area contributed by atoms with E-state index in [0.717, 1.165) is 5.56 Å². The molecule has 0 fully saturated rings. The van der Waals surface area contributed by atoms with E-state index in [9.17, 15) is 13.6 Å². The molecule has 23 heavy (non-hydrogen) atoms. The Morgan fingerprint density at radius 1 is 1.39 bits per heavy atom. The predicted molar refractivity (Wildman–Crippen MR) is 81.5 cm³/mol. The molecule has 1 N–H and O–H groups in total. The van der Waals surface area contributed by atoms with Gasteiger partial charge >= 0.3 is 6.61 Å². The maximum Gasteiger partial charge on any atom is 0.387 e. The van der Waals surface area contributed by atoms with E-state index in [1.54, 1.807) is 23.0 Å². The molecule has 124 valence electrons. The average Bonchev–Trinajstić information content (AvgIpc) is 2.92. The van der Waals surface area contributed by atoms with Crippen molar-refractivity contribution in [3.8, 4) is 5.75 Å². The topological polar surface area (TPSA) is 69.0 Å². The van der Waals surface area contributed by atoms with Crippen LogP contribution in [0.4, 0.5) is 8.78 Å². The minimum atomic E-state index is -2.83. The molecule has 6 nitrogen and oxygen atoms in total. The molecule has 0 unspecified atom stereocenters. The number of ether oxygens (including phenoxy) is 1. The van der Waals surface area contributed by atoms with Crippen LogP contribution in [0.5, 0.6) is 5.75 Å². The predicted octanol–water partition coefficient (Wildman–Crippen LogP) is 1.87. The molecule has 1 amide bonds. The van der Waals surface area contributed by atoms with Crippen LogP contribution in [-0.2, 0) is 18.3 Å². The Hall–Kier alpha value is -2.16. The number of thioether (sulfide) groups is 1. The minimum absolute atomic E-state index is 0.101. The molecule has 0 saturated carbocycles. The number of halogens is 2. The molecule has 1 heterocycles. The van der Waals surface area contributed by atoms with Crippen LogP contribution in [-0.4, -0.2) is 39.6 Å². The van der Waals surface area contributed by atoms with Crippen LogP contribution >= 0.6 is 11.8 Å². The number of carbonyl (C=O) groups is 1. The second-order valence-corrected chi connectivity index (χ2v) is 5.58. The van der Waals surface area contributed by atoms with Crippen LogP contribution in [0.2, 0.25) is 0 Å². The fourth-order valence-electron chi connectivity index (χ4n) is 1.77. The van der Waals surface area contributed by atoms with Gasteiger partial charge in [-0.05, 0) is 24.1 Å². The third kappa shape index (κ3) is 5.85. The maximum absolute atomic E-state index is 12.0. The van der Waals surface area contributed by atoms with E-state index in [2.05, 4.69) is 20.3 Å². The van der Waals surface area contributed by atoms with Gasteiger partial charge < -0.3 is 14.6 Å². The SMILES string of the molecule is Cn1cnnc1SCC(=O)NCCc1ccc(OC(F)F)cc1. The third-order valence-corrected chi connectivity index (χ3v) is 3.92. The molecule has 2 aromatic rings. The van der Waals surface area contributed by atoms with Gasteiger partial charge in [0.25, 0.3) is 0 Å². The molecule has 0 radical (unpaired) electrons. The smallest absolute Gasteiger partial charge is 0.387 e. The third-order valence-electron chi connectivity index (χ3n) is 2.89. The summed E-state index contributed by atoms with van der Waals surface area (Å²) in [4.78, 5) is 11.7. The summed E-state index contributed by atoms with van der Waals surface area (Å²) < 4.78 is 30.1. The Morgan fingerprint density at radius 3 is 2.74 bits per heavy atom. The second kappa shape index (κ2) is 8.47. The van der Waals surface area contributed by atoms with Gasteiger partial charge in [0, 0.05) is 13.6 Å². The van der Waals surface area contributed by atoms with Crippen LogP contribution in [0.15, 0.2) is 35.7 Å². The lowest BCUT2D eigenvalue weighted by Crippen LogP contribution is -2.27. The molecule has 0 aliphatic carbocycles. The highest BCUT2D eigenvalue weighted by molar-refractivity contribution is 7.99. The molecule has 0 aliphatic rings. The Morgan fingerprint density at radius 2 is 2.13 bits per heavy atom. The number of hydrogen-bond donors (Lipinski definition) is 1. The molecular formula is C14H16F2N4O2S. The van der Waals surface area contributed by atoms with Gasteiger partial charge in [0.2, 0.25) is 5.91 Å². The van der Waals surface area contributed by atoms with Crippen molar-refractivity contribution >= 4 is 17.7 Å². The first-order valence-electron chi connectivity index (χ1n) is 6.82. The summed E-state index contributed by atoms with van der Waals surface area (Å²) >= 11 is 1.31. The van der Waals surface area contributed by atoms with Crippen molar-refractivity contribution in [2.75, 3.05) is 12.3 Å². The number of rotatable bonds is 8. The molecule has 1 aromatic carbocycles. The van der Waals surface area contributed by atoms with Crippen LogP contribution < -0.4 is 10.1 Å². The van der Waals surface area contributed by atoms with Gasteiger partial charge in [-0.1, -0.05) is 23.9 Å². The van der Waals surface area contributed by atoms with Gasteiger partial charge in [-0.15, -0.1) is 10.2 Å². The quantitative estimate of drug-likeness (QED) is 0.742. The lowest BCUT2D eigenvalue weighted by Gasteiger charge is -2.07. The number of hydrogen-bond acceptors (Lipinski definition) is 5. The highest BCUT2D eigenvalue weighted by Gasteiger charge is 2.07. The van der Waals surface area contributed by atoms with Crippen molar-refractivity contribution in [3.05, 3.63) is 36.2 Å². The van der Waals surface area contributed by atoms with Crippen LogP contribution in [0.1, 0.15) is 5.56 Å². The van der Waals surface area contributed by atoms with E-state index in [1.807, 2.05) is 7.05 Å². The van der Waals surface area contributed by atoms with E-state index in [4.69, 9.17) is 0 Å². The van der Waals surface area contributed by atoms with Gasteiger partial charge in [-0.3, -0.25) is 4.79 Å². The molecule has 0 aliphatic heterocycles. The zero-order valence-electron chi connectivity index (χ0n) is 12.4. The normalized spacial score (nSPS) is 10.8. The van der Waals surface area contributed by atoms with Crippen molar-refractivity contribution < 1.29 is 18.3 Å². The lowest BCUT2D eigenvalue weighted by molar-refractivity contribution is -0.118. The number of benzene rings is 1. The van der Waals surface area contributed by atoms with Crippen LogP contribution in [0, 0.1) is 0 Å². The summed E-state index contributed by atoms with van der Waals surface area (Å²) in [6.07, 6.45) is 2.18. The van der Waals surface area contributed by atoms with E-state index >= 15 is 0 Å². The van der Waals surface area contributed by atoms with Crippen molar-refractivity contribution in [3.63, 3.8) is 0 Å². The van der Waals surface area contributed by atoms with E-state index < -0.39 is 6.61 Å². The maximum atomic E-state index is 12.0. The first-order chi connectivity index (χ1) is 11.0. The van der Waals surface area contributed by atoms with Gasteiger partial charge in [-0.25, -0.2) is 0 Å². The summed E-state index contributed by atoms with van der Waals surface area (Å²) in [6.45, 7) is -2.36. The molecule has 0 atom stereocenters. The van der Waals surface area contributed by atoms with Crippen molar-refractivity contribution in [2.45, 2.75) is 18.2 Å². The Balaban J connectivity index is 1.68. The largest absolute Gasteiger partial charge is 0.435 e. The highest BCUT2D eigenvalue weighted by atomic mass is 32.2. The number of alkyl halides is 2. The van der Waals surface area contributed by atoms with Gasteiger partial charge in [0.05, 0.1) is 5.75 Å². The second-order valence-electron chi connectivity index (χ2n) is 4.64. The summed E-state index contributed by atoms with van der Waals surface area (Å²) in [5, 5.41) is 11.1. The van der Waals surface area contributed by atoms with Crippen LogP contribution in [0.25, 0.3) is 0 Å². The Kier molecular flexibility index (Phi) is 6.33. The minimum Gasteiger partial charge on any atom is -0.435 e.